The molecule has 2 rings (SSSR count). The van der Waals surface area contributed by atoms with E-state index in [1.54, 1.807) is 12.1 Å². The molecule has 0 bridgehead atoms. The van der Waals surface area contributed by atoms with Gasteiger partial charge in [0.25, 0.3) is 0 Å². The van der Waals surface area contributed by atoms with Crippen LogP contribution in [0.2, 0.25) is 5.15 Å². The molecule has 1 heterocycles. The zero-order chi connectivity index (χ0) is 13.4. The lowest BCUT2D eigenvalue weighted by molar-refractivity contribution is -0.144. The second-order valence-electron chi connectivity index (χ2n) is 4.49. The van der Waals surface area contributed by atoms with E-state index in [0.717, 1.165) is 0 Å². The third kappa shape index (κ3) is 2.83. The lowest BCUT2D eigenvalue weighted by Crippen LogP contribution is -2.22. The molecule has 1 aliphatic rings. The van der Waals surface area contributed by atoms with Crippen LogP contribution in [0.5, 0.6) is 0 Å². The summed E-state index contributed by atoms with van der Waals surface area (Å²) in [6.07, 6.45) is -3.16. The van der Waals surface area contributed by atoms with E-state index < -0.39 is 24.4 Å². The van der Waals surface area contributed by atoms with Gasteiger partial charge in [-0.1, -0.05) is 17.7 Å². The number of alkyl halides is 3. The van der Waals surface area contributed by atoms with Gasteiger partial charge in [0.15, 0.2) is 0 Å². The van der Waals surface area contributed by atoms with Crippen molar-refractivity contribution in [2.24, 2.45) is 0 Å². The van der Waals surface area contributed by atoms with Crippen LogP contribution >= 0.6 is 11.6 Å². The molecule has 0 saturated heterocycles. The van der Waals surface area contributed by atoms with E-state index in [-0.39, 0.29) is 5.78 Å². The minimum absolute atomic E-state index is 0.303. The molecule has 0 unspecified atom stereocenters. The first-order valence-corrected chi connectivity index (χ1v) is 5.93. The molecule has 0 spiro atoms. The zero-order valence-electron chi connectivity index (χ0n) is 9.43. The average Bonchev–Trinajstić information content (AvgIpc) is 3.07. The second kappa shape index (κ2) is 4.53. The number of carbonyl (C=O) groups is 1. The van der Waals surface area contributed by atoms with Gasteiger partial charge in [0.2, 0.25) is 0 Å². The first-order valence-electron chi connectivity index (χ1n) is 5.56. The lowest BCUT2D eigenvalue weighted by Gasteiger charge is -2.14. The Morgan fingerprint density at radius 3 is 2.50 bits per heavy atom. The summed E-state index contributed by atoms with van der Waals surface area (Å²) in [5, 5.41) is 0.303. The second-order valence-corrected chi connectivity index (χ2v) is 4.88. The van der Waals surface area contributed by atoms with Crippen molar-refractivity contribution < 1.29 is 18.0 Å². The van der Waals surface area contributed by atoms with E-state index in [4.69, 9.17) is 11.6 Å². The number of ketones is 1. The van der Waals surface area contributed by atoms with Crippen molar-refractivity contribution in [3.05, 3.63) is 29.0 Å². The van der Waals surface area contributed by atoms with Crippen LogP contribution in [0.25, 0.3) is 0 Å². The fourth-order valence-electron chi connectivity index (χ4n) is 2.01. The van der Waals surface area contributed by atoms with Crippen molar-refractivity contribution in [2.75, 3.05) is 0 Å². The van der Waals surface area contributed by atoms with Crippen LogP contribution in [0.4, 0.5) is 13.2 Å². The number of hydrogen-bond acceptors (Lipinski definition) is 2. The highest BCUT2D eigenvalue weighted by Gasteiger charge is 2.51. The number of rotatable bonds is 4. The van der Waals surface area contributed by atoms with Crippen molar-refractivity contribution in [2.45, 2.75) is 37.3 Å². The van der Waals surface area contributed by atoms with Crippen molar-refractivity contribution in [3.63, 3.8) is 0 Å². The highest BCUT2D eigenvalue weighted by molar-refractivity contribution is 6.29. The Hall–Kier alpha value is -1.10. The number of Topliss-reactive ketones (excluding diaryl/α,β-unsaturated/α-hetero) is 1. The van der Waals surface area contributed by atoms with Crippen molar-refractivity contribution in [1.82, 2.24) is 4.98 Å². The Morgan fingerprint density at radius 1 is 1.39 bits per heavy atom. The summed E-state index contributed by atoms with van der Waals surface area (Å²) in [6, 6.07) is 3.21. The SMILES string of the molecule is O=C(CCC(F)(F)F)C1(c2ccc(Cl)nc2)CC1. The maximum atomic E-state index is 12.1. The van der Waals surface area contributed by atoms with Gasteiger partial charge < -0.3 is 0 Å². The minimum atomic E-state index is -4.29. The number of hydrogen-bond donors (Lipinski definition) is 0. The first kappa shape index (κ1) is 13.3. The van der Waals surface area contributed by atoms with Gasteiger partial charge in [-0.25, -0.2) is 4.98 Å². The molecule has 1 aromatic heterocycles. The maximum absolute atomic E-state index is 12.1. The third-order valence-corrected chi connectivity index (χ3v) is 3.42. The Bertz CT molecular complexity index is 451. The molecular weight excluding hydrogens is 267 g/mol. The summed E-state index contributed by atoms with van der Waals surface area (Å²) in [6.45, 7) is 0. The van der Waals surface area contributed by atoms with E-state index >= 15 is 0 Å². The molecule has 0 aromatic carbocycles. The number of halogens is 4. The van der Waals surface area contributed by atoms with Gasteiger partial charge in [-0.05, 0) is 24.5 Å². The molecule has 0 aliphatic heterocycles. The molecular formula is C12H11ClF3NO. The Balaban J connectivity index is 2.07. The van der Waals surface area contributed by atoms with Gasteiger partial charge in [0.1, 0.15) is 10.9 Å². The standard InChI is InChI=1S/C12H11ClF3NO/c13-10-2-1-8(7-17-10)11(5-6-11)9(18)3-4-12(14,15)16/h1-2,7H,3-6H2. The van der Waals surface area contributed by atoms with Crippen LogP contribution in [0.1, 0.15) is 31.2 Å². The fourth-order valence-corrected chi connectivity index (χ4v) is 2.12. The molecule has 18 heavy (non-hydrogen) atoms. The molecule has 1 aliphatic carbocycles. The first-order chi connectivity index (χ1) is 8.33. The number of nitrogens with zero attached hydrogens (tertiary/aromatic N) is 1. The highest BCUT2D eigenvalue weighted by Crippen LogP contribution is 2.50. The van der Waals surface area contributed by atoms with Gasteiger partial charge in [0, 0.05) is 12.6 Å². The number of aromatic nitrogens is 1. The Kier molecular flexibility index (Phi) is 3.36. The largest absolute Gasteiger partial charge is 0.389 e. The predicted molar refractivity (Wildman–Crippen MR) is 60.5 cm³/mol. The molecule has 0 radical (unpaired) electrons. The summed E-state index contributed by atoms with van der Waals surface area (Å²) in [5.41, 5.74) is -0.0814. The number of carbonyl (C=O) groups excluding carboxylic acids is 1. The van der Waals surface area contributed by atoms with E-state index in [9.17, 15) is 18.0 Å². The summed E-state index contributed by atoms with van der Waals surface area (Å²) >= 11 is 5.64. The summed E-state index contributed by atoms with van der Waals surface area (Å²) in [4.78, 5) is 15.8. The van der Waals surface area contributed by atoms with Gasteiger partial charge >= 0.3 is 6.18 Å². The van der Waals surface area contributed by atoms with E-state index in [2.05, 4.69) is 4.98 Å². The normalized spacial score (nSPS) is 17.6. The molecule has 0 atom stereocenters. The molecule has 6 heteroatoms. The lowest BCUT2D eigenvalue weighted by atomic mass is 9.90. The molecule has 1 saturated carbocycles. The van der Waals surface area contributed by atoms with Crippen LogP contribution in [0.3, 0.4) is 0 Å². The number of pyridine rings is 1. The monoisotopic (exact) mass is 277 g/mol. The van der Waals surface area contributed by atoms with E-state index in [0.29, 0.717) is 23.6 Å². The predicted octanol–water partition coefficient (Wildman–Crippen LogP) is 3.68. The van der Waals surface area contributed by atoms with Crippen molar-refractivity contribution >= 4 is 17.4 Å². The van der Waals surface area contributed by atoms with Gasteiger partial charge in [0.05, 0.1) is 11.8 Å². The third-order valence-electron chi connectivity index (χ3n) is 3.20. The van der Waals surface area contributed by atoms with Crippen LogP contribution in [0, 0.1) is 0 Å². The molecule has 98 valence electrons. The zero-order valence-corrected chi connectivity index (χ0v) is 10.2. The highest BCUT2D eigenvalue weighted by atomic mass is 35.5. The van der Waals surface area contributed by atoms with Gasteiger partial charge in [-0.2, -0.15) is 13.2 Å². The summed E-state index contributed by atoms with van der Waals surface area (Å²) in [7, 11) is 0. The van der Waals surface area contributed by atoms with Crippen LogP contribution in [0.15, 0.2) is 18.3 Å². The van der Waals surface area contributed by atoms with Crippen molar-refractivity contribution in [1.29, 1.82) is 0 Å². The smallest absolute Gasteiger partial charge is 0.299 e. The molecule has 2 nitrogen and oxygen atoms in total. The van der Waals surface area contributed by atoms with Crippen LogP contribution < -0.4 is 0 Å². The molecule has 1 fully saturated rings. The molecule has 0 N–H and O–H groups in total. The average molecular weight is 278 g/mol. The minimum Gasteiger partial charge on any atom is -0.299 e. The summed E-state index contributed by atoms with van der Waals surface area (Å²) in [5.74, 6) is -0.357. The Morgan fingerprint density at radius 2 is 2.06 bits per heavy atom. The maximum Gasteiger partial charge on any atom is 0.389 e. The van der Waals surface area contributed by atoms with Crippen LogP contribution in [-0.2, 0) is 10.2 Å². The molecule has 1 aromatic rings. The van der Waals surface area contributed by atoms with E-state index in [1.165, 1.54) is 6.20 Å². The van der Waals surface area contributed by atoms with Crippen LogP contribution in [-0.4, -0.2) is 16.9 Å². The van der Waals surface area contributed by atoms with Crippen molar-refractivity contribution in [3.8, 4) is 0 Å². The van der Waals surface area contributed by atoms with E-state index in [1.807, 2.05) is 0 Å². The molecule has 0 amide bonds. The van der Waals surface area contributed by atoms with Gasteiger partial charge in [-0.3, -0.25) is 4.79 Å². The topological polar surface area (TPSA) is 30.0 Å². The Labute approximate surface area is 107 Å². The fraction of sp³-hybridized carbons (Fsp3) is 0.500. The summed E-state index contributed by atoms with van der Waals surface area (Å²) < 4.78 is 36.3. The quantitative estimate of drug-likeness (QED) is 0.786. The van der Waals surface area contributed by atoms with Gasteiger partial charge in [-0.15, -0.1) is 0 Å².